The fraction of sp³-hybridized carbons (Fsp3) is 0.375. The van der Waals surface area contributed by atoms with E-state index >= 15 is 0 Å². The van der Waals surface area contributed by atoms with Crippen molar-refractivity contribution in [3.05, 3.63) is 52.6 Å². The summed E-state index contributed by atoms with van der Waals surface area (Å²) < 4.78 is 15.1. The second kappa shape index (κ2) is 6.52. The first kappa shape index (κ1) is 15.2. The predicted molar refractivity (Wildman–Crippen MR) is 79.8 cm³/mol. The molecule has 0 aliphatic carbocycles. The first-order chi connectivity index (χ1) is 9.97. The van der Waals surface area contributed by atoms with E-state index in [1.807, 2.05) is 24.6 Å². The number of nitrogens with one attached hydrogen (secondary N) is 1. The van der Waals surface area contributed by atoms with Gasteiger partial charge in [-0.25, -0.2) is 4.39 Å². The molecule has 0 atom stereocenters. The number of carbonyl (C=O) groups excluding carboxylic acids is 1. The second-order valence-corrected chi connectivity index (χ2v) is 5.22. The lowest BCUT2D eigenvalue weighted by molar-refractivity contribution is 0.0951. The van der Waals surface area contributed by atoms with Crippen molar-refractivity contribution < 1.29 is 9.18 Å². The van der Waals surface area contributed by atoms with Crippen molar-refractivity contribution in [1.82, 2.24) is 15.1 Å². The molecule has 0 aliphatic heterocycles. The molecule has 0 saturated heterocycles. The largest absolute Gasteiger partial charge is 0.352 e. The van der Waals surface area contributed by atoms with E-state index in [0.717, 1.165) is 29.9 Å². The fourth-order valence-electron chi connectivity index (χ4n) is 2.27. The van der Waals surface area contributed by atoms with Gasteiger partial charge in [0.1, 0.15) is 5.82 Å². The van der Waals surface area contributed by atoms with Crippen LogP contribution in [-0.4, -0.2) is 22.2 Å². The number of halogens is 1. The number of carbonyl (C=O) groups is 1. The monoisotopic (exact) mass is 289 g/mol. The summed E-state index contributed by atoms with van der Waals surface area (Å²) in [5, 5.41) is 7.18. The molecular weight excluding hydrogens is 269 g/mol. The molecular formula is C16H20FN3O. The number of hydrogen-bond donors (Lipinski definition) is 1. The summed E-state index contributed by atoms with van der Waals surface area (Å²) in [6, 6.07) is 6.26. The highest BCUT2D eigenvalue weighted by Crippen LogP contribution is 2.10. The normalized spacial score (nSPS) is 10.7. The van der Waals surface area contributed by atoms with E-state index in [9.17, 15) is 9.18 Å². The zero-order valence-corrected chi connectivity index (χ0v) is 12.6. The van der Waals surface area contributed by atoms with Gasteiger partial charge in [-0.15, -0.1) is 0 Å². The van der Waals surface area contributed by atoms with Crippen LogP contribution in [0.1, 0.15) is 33.7 Å². The van der Waals surface area contributed by atoms with Crippen LogP contribution in [0.2, 0.25) is 0 Å². The summed E-state index contributed by atoms with van der Waals surface area (Å²) in [6.45, 7) is 7.05. The van der Waals surface area contributed by atoms with Crippen LogP contribution in [0.4, 0.5) is 4.39 Å². The maximum absolute atomic E-state index is 13.2. The van der Waals surface area contributed by atoms with Crippen LogP contribution in [0, 0.1) is 26.6 Å². The van der Waals surface area contributed by atoms with Gasteiger partial charge >= 0.3 is 0 Å². The molecule has 0 aliphatic rings. The third-order valence-corrected chi connectivity index (χ3v) is 3.38. The highest BCUT2D eigenvalue weighted by molar-refractivity contribution is 5.95. The molecule has 2 rings (SSSR count). The number of rotatable bonds is 5. The molecule has 1 aromatic carbocycles. The Labute approximate surface area is 124 Å². The topological polar surface area (TPSA) is 46.9 Å². The molecule has 1 N–H and O–H groups in total. The number of benzene rings is 1. The summed E-state index contributed by atoms with van der Waals surface area (Å²) in [6.07, 6.45) is 0.780. The van der Waals surface area contributed by atoms with Crippen molar-refractivity contribution in [2.45, 2.75) is 33.7 Å². The summed E-state index contributed by atoms with van der Waals surface area (Å²) in [5.41, 5.74) is 3.26. The van der Waals surface area contributed by atoms with Gasteiger partial charge in [0.05, 0.1) is 5.69 Å². The SMILES string of the molecule is Cc1cc(C)n(CCCNC(=O)c2cc(F)ccc2C)n1. The lowest BCUT2D eigenvalue weighted by atomic mass is 10.1. The molecule has 1 heterocycles. The maximum atomic E-state index is 13.2. The molecule has 1 amide bonds. The zero-order valence-electron chi connectivity index (χ0n) is 12.6. The summed E-state index contributed by atoms with van der Waals surface area (Å²) in [4.78, 5) is 12.0. The van der Waals surface area contributed by atoms with Crippen LogP contribution in [0.15, 0.2) is 24.3 Å². The van der Waals surface area contributed by atoms with Crippen molar-refractivity contribution in [2.75, 3.05) is 6.54 Å². The first-order valence-corrected chi connectivity index (χ1v) is 7.03. The highest BCUT2D eigenvalue weighted by Gasteiger charge is 2.09. The molecule has 0 spiro atoms. The Kier molecular flexibility index (Phi) is 4.73. The van der Waals surface area contributed by atoms with Crippen molar-refractivity contribution in [2.24, 2.45) is 0 Å². The third kappa shape index (κ3) is 3.90. The molecule has 0 bridgehead atoms. The molecule has 0 radical (unpaired) electrons. The Hall–Kier alpha value is -2.17. The lowest BCUT2D eigenvalue weighted by Gasteiger charge is -2.08. The summed E-state index contributed by atoms with van der Waals surface area (Å²) in [5.74, 6) is -0.631. The minimum absolute atomic E-state index is 0.236. The molecule has 1 aromatic heterocycles. The Balaban J connectivity index is 1.84. The van der Waals surface area contributed by atoms with Gasteiger partial charge in [0.2, 0.25) is 0 Å². The maximum Gasteiger partial charge on any atom is 0.251 e. The first-order valence-electron chi connectivity index (χ1n) is 7.03. The summed E-state index contributed by atoms with van der Waals surface area (Å²) in [7, 11) is 0. The minimum atomic E-state index is -0.395. The number of aryl methyl sites for hydroxylation is 4. The molecule has 0 fully saturated rings. The van der Waals surface area contributed by atoms with Gasteiger partial charge < -0.3 is 5.32 Å². The van der Waals surface area contributed by atoms with E-state index in [0.29, 0.717) is 12.1 Å². The van der Waals surface area contributed by atoms with Crippen molar-refractivity contribution >= 4 is 5.91 Å². The standard InChI is InChI=1S/C16H20FN3O/c1-11-5-6-14(17)10-15(11)16(21)18-7-4-8-20-13(3)9-12(2)19-20/h5-6,9-10H,4,7-8H2,1-3H3,(H,18,21). The molecule has 5 heteroatoms. The van der Waals surface area contributed by atoms with E-state index in [1.165, 1.54) is 12.1 Å². The van der Waals surface area contributed by atoms with Gasteiger partial charge in [0.25, 0.3) is 5.91 Å². The van der Waals surface area contributed by atoms with Gasteiger partial charge in [-0.1, -0.05) is 6.07 Å². The second-order valence-electron chi connectivity index (χ2n) is 5.22. The Morgan fingerprint density at radius 3 is 2.71 bits per heavy atom. The van der Waals surface area contributed by atoms with Crippen molar-refractivity contribution in [3.63, 3.8) is 0 Å². The smallest absolute Gasteiger partial charge is 0.251 e. The number of amides is 1. The highest BCUT2D eigenvalue weighted by atomic mass is 19.1. The van der Waals surface area contributed by atoms with Crippen LogP contribution >= 0.6 is 0 Å². The van der Waals surface area contributed by atoms with E-state index < -0.39 is 5.82 Å². The van der Waals surface area contributed by atoms with E-state index in [-0.39, 0.29) is 5.91 Å². The van der Waals surface area contributed by atoms with E-state index in [2.05, 4.69) is 10.4 Å². The molecule has 4 nitrogen and oxygen atoms in total. The summed E-state index contributed by atoms with van der Waals surface area (Å²) >= 11 is 0. The average Bonchev–Trinajstić information content (AvgIpc) is 2.75. The van der Waals surface area contributed by atoms with Crippen LogP contribution < -0.4 is 5.32 Å². The van der Waals surface area contributed by atoms with Gasteiger partial charge in [-0.3, -0.25) is 9.48 Å². The van der Waals surface area contributed by atoms with Crippen molar-refractivity contribution in [3.8, 4) is 0 Å². The quantitative estimate of drug-likeness (QED) is 0.860. The number of nitrogens with zero attached hydrogens (tertiary/aromatic N) is 2. The minimum Gasteiger partial charge on any atom is -0.352 e. The third-order valence-electron chi connectivity index (χ3n) is 3.38. The van der Waals surface area contributed by atoms with Crippen LogP contribution in [0.5, 0.6) is 0 Å². The molecule has 0 unspecified atom stereocenters. The van der Waals surface area contributed by atoms with Gasteiger partial charge in [0.15, 0.2) is 0 Å². The van der Waals surface area contributed by atoms with Gasteiger partial charge in [0, 0.05) is 24.3 Å². The average molecular weight is 289 g/mol. The zero-order chi connectivity index (χ0) is 15.4. The van der Waals surface area contributed by atoms with Crippen molar-refractivity contribution in [1.29, 1.82) is 0 Å². The Morgan fingerprint density at radius 2 is 2.05 bits per heavy atom. The van der Waals surface area contributed by atoms with Crippen LogP contribution in [0.25, 0.3) is 0 Å². The van der Waals surface area contributed by atoms with E-state index in [1.54, 1.807) is 13.0 Å². The van der Waals surface area contributed by atoms with E-state index in [4.69, 9.17) is 0 Å². The van der Waals surface area contributed by atoms with Crippen LogP contribution in [0.3, 0.4) is 0 Å². The lowest BCUT2D eigenvalue weighted by Crippen LogP contribution is -2.26. The predicted octanol–water partition coefficient (Wildman–Crippen LogP) is 2.77. The molecule has 21 heavy (non-hydrogen) atoms. The molecule has 0 saturated carbocycles. The molecule has 2 aromatic rings. The Morgan fingerprint density at radius 1 is 1.29 bits per heavy atom. The van der Waals surface area contributed by atoms with Crippen LogP contribution in [-0.2, 0) is 6.54 Å². The Bertz CT molecular complexity index is 649. The number of hydrogen-bond acceptors (Lipinski definition) is 2. The number of aromatic nitrogens is 2. The molecule has 112 valence electrons. The fourth-order valence-corrected chi connectivity index (χ4v) is 2.27. The van der Waals surface area contributed by atoms with Gasteiger partial charge in [-0.05, 0) is 51.0 Å². The van der Waals surface area contributed by atoms with Gasteiger partial charge in [-0.2, -0.15) is 5.10 Å².